The van der Waals surface area contributed by atoms with Gasteiger partial charge in [0.25, 0.3) is 0 Å². The van der Waals surface area contributed by atoms with Gasteiger partial charge in [-0.1, -0.05) is 0 Å². The first-order chi connectivity index (χ1) is 11.2. The van der Waals surface area contributed by atoms with Crippen LogP contribution in [0.15, 0.2) is 24.7 Å². The Morgan fingerprint density at radius 1 is 1.43 bits per heavy atom. The lowest BCUT2D eigenvalue weighted by Crippen LogP contribution is -2.34. The first kappa shape index (κ1) is 15.4. The molecule has 8 nitrogen and oxygen atoms in total. The molecule has 0 bridgehead atoms. The van der Waals surface area contributed by atoms with Crippen LogP contribution >= 0.6 is 0 Å². The summed E-state index contributed by atoms with van der Waals surface area (Å²) in [5, 5.41) is 10.4. The van der Waals surface area contributed by atoms with E-state index in [1.165, 1.54) is 6.33 Å². The number of anilines is 1. The number of hydrogen-bond donors (Lipinski definition) is 2. The average molecular weight is 316 g/mol. The number of aromatic nitrogens is 4. The monoisotopic (exact) mass is 316 g/mol. The second-order valence-electron chi connectivity index (χ2n) is 5.44. The lowest BCUT2D eigenvalue weighted by atomic mass is 10.1. The van der Waals surface area contributed by atoms with Gasteiger partial charge < -0.3 is 15.4 Å². The van der Waals surface area contributed by atoms with Gasteiger partial charge in [-0.3, -0.25) is 4.79 Å². The van der Waals surface area contributed by atoms with E-state index in [4.69, 9.17) is 4.74 Å². The Kier molecular flexibility index (Phi) is 4.82. The summed E-state index contributed by atoms with van der Waals surface area (Å²) in [6, 6.07) is 3.73. The van der Waals surface area contributed by atoms with Gasteiger partial charge in [0.05, 0.1) is 18.2 Å². The number of ether oxygens (including phenoxy) is 1. The van der Waals surface area contributed by atoms with Crippen molar-refractivity contribution in [1.82, 2.24) is 25.1 Å². The van der Waals surface area contributed by atoms with Crippen molar-refractivity contribution in [2.24, 2.45) is 5.92 Å². The van der Waals surface area contributed by atoms with Crippen LogP contribution in [-0.4, -0.2) is 52.0 Å². The highest BCUT2D eigenvalue weighted by molar-refractivity contribution is 5.79. The van der Waals surface area contributed by atoms with Crippen LogP contribution in [0, 0.1) is 12.8 Å². The topological polar surface area (TPSA) is 94.0 Å². The molecule has 2 aromatic heterocycles. The lowest BCUT2D eigenvalue weighted by molar-refractivity contribution is -0.124. The third-order valence-corrected chi connectivity index (χ3v) is 3.64. The summed E-state index contributed by atoms with van der Waals surface area (Å²) in [4.78, 5) is 20.2. The molecule has 1 aliphatic rings. The molecule has 3 rings (SSSR count). The number of carbonyl (C=O) groups is 1. The second-order valence-corrected chi connectivity index (χ2v) is 5.44. The van der Waals surface area contributed by atoms with E-state index >= 15 is 0 Å². The Morgan fingerprint density at radius 3 is 3.09 bits per heavy atom. The van der Waals surface area contributed by atoms with Crippen LogP contribution in [0.2, 0.25) is 0 Å². The van der Waals surface area contributed by atoms with Gasteiger partial charge >= 0.3 is 0 Å². The Morgan fingerprint density at radius 2 is 2.35 bits per heavy atom. The highest BCUT2D eigenvalue weighted by Crippen LogP contribution is 2.12. The quantitative estimate of drug-likeness (QED) is 0.755. The summed E-state index contributed by atoms with van der Waals surface area (Å²) in [7, 11) is 0. The van der Waals surface area contributed by atoms with Crippen molar-refractivity contribution in [2.45, 2.75) is 13.3 Å². The van der Waals surface area contributed by atoms with Gasteiger partial charge in [0.15, 0.2) is 5.82 Å². The Balaban J connectivity index is 1.48. The van der Waals surface area contributed by atoms with Crippen LogP contribution in [0.3, 0.4) is 0 Å². The van der Waals surface area contributed by atoms with Crippen molar-refractivity contribution in [3.8, 4) is 5.82 Å². The van der Waals surface area contributed by atoms with Crippen LogP contribution in [0.25, 0.3) is 5.82 Å². The fourth-order valence-electron chi connectivity index (χ4n) is 2.37. The van der Waals surface area contributed by atoms with E-state index in [0.29, 0.717) is 37.9 Å². The van der Waals surface area contributed by atoms with Crippen LogP contribution in [-0.2, 0) is 9.53 Å². The zero-order valence-electron chi connectivity index (χ0n) is 13.0. The number of aryl methyl sites for hydroxylation is 1. The number of nitrogens with zero attached hydrogens (tertiary/aromatic N) is 4. The van der Waals surface area contributed by atoms with Crippen LogP contribution in [0.4, 0.5) is 5.82 Å². The largest absolute Gasteiger partial charge is 0.381 e. The number of nitrogens with one attached hydrogen (secondary N) is 2. The number of rotatable bonds is 6. The number of carbonyl (C=O) groups excluding carboxylic acids is 1. The molecule has 2 aromatic rings. The van der Waals surface area contributed by atoms with Crippen molar-refractivity contribution >= 4 is 11.7 Å². The molecule has 0 saturated carbocycles. The molecule has 0 aliphatic carbocycles. The van der Waals surface area contributed by atoms with Gasteiger partial charge in [0.1, 0.15) is 12.1 Å². The number of amides is 1. The normalized spacial score (nSPS) is 17.2. The van der Waals surface area contributed by atoms with Gasteiger partial charge in [0.2, 0.25) is 5.91 Å². The maximum absolute atomic E-state index is 11.8. The molecule has 8 heteroatoms. The third-order valence-electron chi connectivity index (χ3n) is 3.64. The molecular weight excluding hydrogens is 296 g/mol. The molecule has 3 heterocycles. The minimum Gasteiger partial charge on any atom is -0.381 e. The fraction of sp³-hybridized carbons (Fsp3) is 0.467. The van der Waals surface area contributed by atoms with Gasteiger partial charge in [-0.2, -0.15) is 5.10 Å². The molecule has 23 heavy (non-hydrogen) atoms. The first-order valence-corrected chi connectivity index (χ1v) is 7.66. The van der Waals surface area contributed by atoms with Crippen LogP contribution in [0.1, 0.15) is 12.1 Å². The Hall–Kier alpha value is -2.48. The van der Waals surface area contributed by atoms with Crippen molar-refractivity contribution in [2.75, 3.05) is 31.6 Å². The summed E-state index contributed by atoms with van der Waals surface area (Å²) in [6.07, 6.45) is 4.15. The standard InChI is InChI=1S/C15H20N6O2/c1-11-2-6-21(20-11)14-8-13(18-10-19-14)16-4-5-17-15(22)12-3-7-23-9-12/h2,6,8,10,12H,3-5,7,9H2,1H3,(H,17,22)(H,16,18,19). The molecule has 0 spiro atoms. The van der Waals surface area contributed by atoms with Crippen LogP contribution < -0.4 is 10.6 Å². The molecule has 1 unspecified atom stereocenters. The molecule has 1 fully saturated rings. The van der Waals surface area contributed by atoms with Crippen molar-refractivity contribution < 1.29 is 9.53 Å². The van der Waals surface area contributed by atoms with Crippen LogP contribution in [0.5, 0.6) is 0 Å². The van der Waals surface area contributed by atoms with Gasteiger partial charge in [-0.25, -0.2) is 14.6 Å². The predicted octanol–water partition coefficient (Wildman–Crippen LogP) is 0.535. The molecule has 2 N–H and O–H groups in total. The Bertz CT molecular complexity index is 665. The molecule has 0 radical (unpaired) electrons. The van der Waals surface area contributed by atoms with Gasteiger partial charge in [-0.15, -0.1) is 0 Å². The summed E-state index contributed by atoms with van der Waals surface area (Å²) in [6.45, 7) is 4.25. The smallest absolute Gasteiger partial charge is 0.225 e. The highest BCUT2D eigenvalue weighted by atomic mass is 16.5. The molecule has 1 saturated heterocycles. The molecular formula is C15H20N6O2. The van der Waals surface area contributed by atoms with E-state index in [1.807, 2.05) is 25.3 Å². The summed E-state index contributed by atoms with van der Waals surface area (Å²) >= 11 is 0. The SMILES string of the molecule is Cc1ccn(-c2cc(NCCNC(=O)C3CCOC3)ncn2)n1. The van der Waals surface area contributed by atoms with Crippen molar-refractivity contribution in [3.63, 3.8) is 0 Å². The lowest BCUT2D eigenvalue weighted by Gasteiger charge is -2.10. The van der Waals surface area contributed by atoms with E-state index < -0.39 is 0 Å². The van der Waals surface area contributed by atoms with E-state index in [-0.39, 0.29) is 11.8 Å². The molecule has 1 amide bonds. The van der Waals surface area contributed by atoms with E-state index in [1.54, 1.807) is 4.68 Å². The third kappa shape index (κ3) is 4.04. The summed E-state index contributed by atoms with van der Waals surface area (Å²) in [5.74, 6) is 1.44. The van der Waals surface area contributed by atoms with E-state index in [0.717, 1.165) is 12.1 Å². The zero-order valence-corrected chi connectivity index (χ0v) is 13.0. The zero-order chi connectivity index (χ0) is 16.1. The molecule has 122 valence electrons. The minimum atomic E-state index is -0.0105. The molecule has 0 aromatic carbocycles. The maximum Gasteiger partial charge on any atom is 0.225 e. The highest BCUT2D eigenvalue weighted by Gasteiger charge is 2.22. The average Bonchev–Trinajstić information content (AvgIpc) is 3.23. The fourth-order valence-corrected chi connectivity index (χ4v) is 2.37. The van der Waals surface area contributed by atoms with E-state index in [9.17, 15) is 4.79 Å². The van der Waals surface area contributed by atoms with Crippen molar-refractivity contribution in [3.05, 3.63) is 30.4 Å². The summed E-state index contributed by atoms with van der Waals surface area (Å²) in [5.41, 5.74) is 0.928. The molecule has 1 aliphatic heterocycles. The second kappa shape index (κ2) is 7.19. The first-order valence-electron chi connectivity index (χ1n) is 7.66. The maximum atomic E-state index is 11.8. The minimum absolute atomic E-state index is 0.0105. The summed E-state index contributed by atoms with van der Waals surface area (Å²) < 4.78 is 6.91. The van der Waals surface area contributed by atoms with Gasteiger partial charge in [-0.05, 0) is 19.4 Å². The Labute approximate surface area is 134 Å². The predicted molar refractivity (Wildman–Crippen MR) is 84.3 cm³/mol. The molecule has 1 atom stereocenters. The van der Waals surface area contributed by atoms with Gasteiger partial charge in [0, 0.05) is 32.0 Å². The van der Waals surface area contributed by atoms with Crippen molar-refractivity contribution in [1.29, 1.82) is 0 Å². The number of hydrogen-bond acceptors (Lipinski definition) is 6. The van der Waals surface area contributed by atoms with E-state index in [2.05, 4.69) is 25.7 Å².